The fraction of sp³-hybridized carbons (Fsp3) is 0.381. The lowest BCUT2D eigenvalue weighted by Crippen LogP contribution is -2.51. The van der Waals surface area contributed by atoms with E-state index in [9.17, 15) is 18.0 Å². The zero-order valence-corrected chi connectivity index (χ0v) is 20.3. The van der Waals surface area contributed by atoms with Crippen molar-refractivity contribution in [2.75, 3.05) is 31.6 Å². The zero-order chi connectivity index (χ0) is 23.8. The van der Waals surface area contributed by atoms with E-state index in [0.717, 1.165) is 11.1 Å². The minimum Gasteiger partial charge on any atom is -0.464 e. The number of hydrogen-bond donors (Lipinski definition) is 2. The molecule has 9 nitrogen and oxygen atoms in total. The SMILES string of the molecule is CCOC(=O)C(NC1CCN(CCNc2ccncc2)C1=O)S(=O)(=O)C=Cc1ccc(Cl)s1. The van der Waals surface area contributed by atoms with Crippen LogP contribution in [0.25, 0.3) is 6.08 Å². The van der Waals surface area contributed by atoms with Crippen molar-refractivity contribution < 1.29 is 22.7 Å². The van der Waals surface area contributed by atoms with E-state index in [1.807, 2.05) is 12.1 Å². The van der Waals surface area contributed by atoms with Gasteiger partial charge in [-0.2, -0.15) is 0 Å². The van der Waals surface area contributed by atoms with E-state index in [-0.39, 0.29) is 12.5 Å². The van der Waals surface area contributed by atoms with Gasteiger partial charge in [0.2, 0.25) is 11.3 Å². The highest BCUT2D eigenvalue weighted by atomic mass is 35.5. The molecule has 2 N–H and O–H groups in total. The predicted octanol–water partition coefficient (Wildman–Crippen LogP) is 2.37. The molecule has 3 rings (SSSR count). The van der Waals surface area contributed by atoms with Crippen LogP contribution < -0.4 is 10.6 Å². The number of rotatable bonds is 11. The third kappa shape index (κ3) is 7.00. The minimum absolute atomic E-state index is 0.0161. The molecular formula is C21H25ClN4O5S2. The average molecular weight is 513 g/mol. The number of anilines is 1. The Kier molecular flexibility index (Phi) is 8.84. The number of thiophene rings is 1. The molecule has 2 aromatic heterocycles. The van der Waals surface area contributed by atoms with Crippen LogP contribution in [0.1, 0.15) is 18.2 Å². The zero-order valence-electron chi connectivity index (χ0n) is 17.9. The molecule has 1 fully saturated rings. The van der Waals surface area contributed by atoms with Gasteiger partial charge in [0, 0.05) is 48.0 Å². The Morgan fingerprint density at radius 2 is 2.12 bits per heavy atom. The third-order valence-corrected chi connectivity index (χ3v) is 7.58. The van der Waals surface area contributed by atoms with Crippen molar-refractivity contribution >= 4 is 56.4 Å². The molecule has 1 aliphatic rings. The Balaban J connectivity index is 1.64. The van der Waals surface area contributed by atoms with Gasteiger partial charge >= 0.3 is 5.97 Å². The molecule has 33 heavy (non-hydrogen) atoms. The van der Waals surface area contributed by atoms with Crippen LogP contribution in [-0.2, 0) is 24.2 Å². The average Bonchev–Trinajstić information content (AvgIpc) is 3.37. The van der Waals surface area contributed by atoms with E-state index in [1.165, 1.54) is 17.4 Å². The summed E-state index contributed by atoms with van der Waals surface area (Å²) in [6.07, 6.45) is 5.08. The van der Waals surface area contributed by atoms with E-state index in [1.54, 1.807) is 36.4 Å². The summed E-state index contributed by atoms with van der Waals surface area (Å²) >= 11 is 7.08. The van der Waals surface area contributed by atoms with Crippen molar-refractivity contribution in [3.8, 4) is 0 Å². The van der Waals surface area contributed by atoms with Gasteiger partial charge < -0.3 is 15.0 Å². The van der Waals surface area contributed by atoms with Gasteiger partial charge in [-0.3, -0.25) is 15.1 Å². The number of hydrogen-bond acceptors (Lipinski definition) is 9. The lowest BCUT2D eigenvalue weighted by atomic mass is 10.2. The van der Waals surface area contributed by atoms with E-state index in [0.29, 0.717) is 35.3 Å². The summed E-state index contributed by atoms with van der Waals surface area (Å²) in [7, 11) is -4.11. The van der Waals surface area contributed by atoms with Crippen LogP contribution in [0.4, 0.5) is 5.69 Å². The number of aromatic nitrogens is 1. The first-order valence-electron chi connectivity index (χ1n) is 10.3. The van der Waals surface area contributed by atoms with Crippen molar-refractivity contribution in [3.05, 3.63) is 51.3 Å². The topological polar surface area (TPSA) is 118 Å². The summed E-state index contributed by atoms with van der Waals surface area (Å²) in [5.74, 6) is -1.21. The van der Waals surface area contributed by atoms with E-state index >= 15 is 0 Å². The monoisotopic (exact) mass is 512 g/mol. The normalized spacial score (nSPS) is 17.5. The number of likely N-dealkylation sites (tertiary alicyclic amines) is 1. The third-order valence-electron chi connectivity index (χ3n) is 4.89. The highest BCUT2D eigenvalue weighted by molar-refractivity contribution is 7.95. The molecule has 1 saturated heterocycles. The molecular weight excluding hydrogens is 488 g/mol. The van der Waals surface area contributed by atoms with Crippen molar-refractivity contribution in [1.82, 2.24) is 15.2 Å². The summed E-state index contributed by atoms with van der Waals surface area (Å²) in [5, 5.41) is 5.17. The molecule has 178 valence electrons. The fourth-order valence-electron chi connectivity index (χ4n) is 3.28. The molecule has 0 saturated carbocycles. The number of nitrogens with zero attached hydrogens (tertiary/aromatic N) is 2. The quantitative estimate of drug-likeness (QED) is 0.441. The number of halogens is 1. The predicted molar refractivity (Wildman–Crippen MR) is 129 cm³/mol. The molecule has 1 aliphatic heterocycles. The molecule has 12 heteroatoms. The summed E-state index contributed by atoms with van der Waals surface area (Å²) in [5.41, 5.74) is 0.888. The number of esters is 1. The highest BCUT2D eigenvalue weighted by Crippen LogP contribution is 2.23. The molecule has 0 bridgehead atoms. The minimum atomic E-state index is -4.11. The molecule has 0 aromatic carbocycles. The second kappa shape index (κ2) is 11.6. The van der Waals surface area contributed by atoms with Crippen LogP contribution in [0.3, 0.4) is 0 Å². The Morgan fingerprint density at radius 1 is 1.36 bits per heavy atom. The summed E-state index contributed by atoms with van der Waals surface area (Å²) < 4.78 is 31.3. The number of pyridine rings is 1. The van der Waals surface area contributed by atoms with Crippen molar-refractivity contribution in [2.24, 2.45) is 0 Å². The second-order valence-electron chi connectivity index (χ2n) is 7.16. The van der Waals surface area contributed by atoms with Crippen molar-refractivity contribution in [1.29, 1.82) is 0 Å². The van der Waals surface area contributed by atoms with Crippen LogP contribution in [0.2, 0.25) is 4.34 Å². The number of nitrogens with one attached hydrogen (secondary N) is 2. The largest absolute Gasteiger partial charge is 0.464 e. The Bertz CT molecular complexity index is 1090. The highest BCUT2D eigenvalue weighted by Gasteiger charge is 2.39. The Hall–Kier alpha value is -2.47. The number of amides is 1. The van der Waals surface area contributed by atoms with Crippen LogP contribution in [0, 0.1) is 0 Å². The maximum absolute atomic E-state index is 12.9. The smallest absolute Gasteiger partial charge is 0.339 e. The lowest BCUT2D eigenvalue weighted by molar-refractivity contribution is -0.143. The van der Waals surface area contributed by atoms with Crippen molar-refractivity contribution in [3.63, 3.8) is 0 Å². The molecule has 2 aromatic rings. The van der Waals surface area contributed by atoms with Crippen LogP contribution in [-0.4, -0.2) is 67.8 Å². The van der Waals surface area contributed by atoms with Crippen LogP contribution in [0.15, 0.2) is 42.1 Å². The molecule has 0 aliphatic carbocycles. The van der Waals surface area contributed by atoms with Gasteiger partial charge in [0.25, 0.3) is 0 Å². The summed E-state index contributed by atoms with van der Waals surface area (Å²) in [4.78, 5) is 31.5. The first kappa shape index (κ1) is 25.2. The summed E-state index contributed by atoms with van der Waals surface area (Å²) in [6.45, 7) is 3.02. The standard InChI is InChI=1S/C21H25ClN4O5S2/c1-2-31-21(28)19(33(29,30)14-8-16-3-4-18(22)32-16)25-17-7-12-26(20(17)27)13-11-24-15-5-9-23-10-6-15/h3-6,8-10,14,17,19,25H,2,7,11-13H2,1H3,(H,23,24). The fourth-order valence-corrected chi connectivity index (χ4v) is 5.51. The first-order chi connectivity index (χ1) is 15.8. The molecule has 2 unspecified atom stereocenters. The van der Waals surface area contributed by atoms with Gasteiger partial charge in [0.05, 0.1) is 17.0 Å². The lowest BCUT2D eigenvalue weighted by Gasteiger charge is -2.21. The Labute approximate surface area is 201 Å². The maximum Gasteiger partial charge on any atom is 0.339 e. The maximum atomic E-state index is 12.9. The first-order valence-corrected chi connectivity index (χ1v) is 13.1. The van der Waals surface area contributed by atoms with Gasteiger partial charge in [0.15, 0.2) is 9.84 Å². The van der Waals surface area contributed by atoms with Gasteiger partial charge in [-0.1, -0.05) is 11.6 Å². The van der Waals surface area contributed by atoms with E-state index in [2.05, 4.69) is 15.6 Å². The summed E-state index contributed by atoms with van der Waals surface area (Å²) in [6, 6.07) is 6.16. The van der Waals surface area contributed by atoms with Gasteiger partial charge in [0.1, 0.15) is 0 Å². The number of carbonyl (C=O) groups is 2. The second-order valence-corrected chi connectivity index (χ2v) is 10.8. The molecule has 3 heterocycles. The van der Waals surface area contributed by atoms with E-state index in [4.69, 9.17) is 16.3 Å². The van der Waals surface area contributed by atoms with Crippen LogP contribution in [0.5, 0.6) is 0 Å². The molecule has 2 atom stereocenters. The van der Waals surface area contributed by atoms with Gasteiger partial charge in [-0.15, -0.1) is 11.3 Å². The molecule has 1 amide bonds. The van der Waals surface area contributed by atoms with E-state index < -0.39 is 27.2 Å². The van der Waals surface area contributed by atoms with Crippen LogP contribution >= 0.6 is 22.9 Å². The number of sulfone groups is 1. The van der Waals surface area contributed by atoms with Crippen molar-refractivity contribution in [2.45, 2.75) is 24.8 Å². The molecule has 0 spiro atoms. The number of ether oxygens (including phenoxy) is 1. The Morgan fingerprint density at radius 3 is 2.79 bits per heavy atom. The van der Waals surface area contributed by atoms with Gasteiger partial charge in [-0.05, 0) is 43.7 Å². The van der Waals surface area contributed by atoms with Gasteiger partial charge in [-0.25, -0.2) is 13.2 Å². The molecule has 0 radical (unpaired) electrons. The number of carbonyl (C=O) groups excluding carboxylic acids is 2.